The number of sulfone groups is 1. The Morgan fingerprint density at radius 2 is 1.64 bits per heavy atom. The molecule has 0 aliphatic carbocycles. The van der Waals surface area contributed by atoms with Gasteiger partial charge in [-0.2, -0.15) is 4.31 Å². The molecule has 0 bridgehead atoms. The Labute approximate surface area is 193 Å². The smallest absolute Gasteiger partial charge is 0.307 e. The van der Waals surface area contributed by atoms with E-state index in [4.69, 9.17) is 4.74 Å². The number of sulfonamides is 1. The molecule has 1 aliphatic heterocycles. The zero-order valence-electron chi connectivity index (χ0n) is 18.2. The normalized spacial score (nSPS) is 14.7. The highest BCUT2D eigenvalue weighted by atomic mass is 32.2. The van der Waals surface area contributed by atoms with Crippen LogP contribution in [0.25, 0.3) is 0 Å². The minimum atomic E-state index is -3.65. The minimum absolute atomic E-state index is 0.0699. The molecule has 3 rings (SSSR count). The second-order valence-electron chi connectivity index (χ2n) is 7.73. The summed E-state index contributed by atoms with van der Waals surface area (Å²) in [6, 6.07) is 12.1. The lowest BCUT2D eigenvalue weighted by atomic mass is 10.2. The zero-order chi connectivity index (χ0) is 24.1. The number of anilines is 1. The van der Waals surface area contributed by atoms with Gasteiger partial charge in [-0.15, -0.1) is 0 Å². The van der Waals surface area contributed by atoms with Gasteiger partial charge in [-0.3, -0.25) is 9.59 Å². The van der Waals surface area contributed by atoms with Gasteiger partial charge in [-0.25, -0.2) is 16.8 Å². The van der Waals surface area contributed by atoms with Gasteiger partial charge in [-0.05, 0) is 50.1 Å². The van der Waals surface area contributed by atoms with E-state index in [1.165, 1.54) is 40.7 Å². The first kappa shape index (κ1) is 24.9. The quantitative estimate of drug-likeness (QED) is 0.529. The predicted molar refractivity (Wildman–Crippen MR) is 122 cm³/mol. The number of ether oxygens (including phenoxy) is 1. The van der Waals surface area contributed by atoms with Crippen LogP contribution in [-0.4, -0.2) is 58.5 Å². The second kappa shape index (κ2) is 10.4. The topological polar surface area (TPSA) is 127 Å². The fourth-order valence-corrected chi connectivity index (χ4v) is 6.09. The lowest BCUT2D eigenvalue weighted by molar-refractivity contribution is -0.146. The number of carbonyl (C=O) groups excluding carboxylic acids is 2. The average Bonchev–Trinajstić information content (AvgIpc) is 3.33. The van der Waals surface area contributed by atoms with E-state index in [-0.39, 0.29) is 15.5 Å². The number of nitrogens with zero attached hydrogens (tertiary/aromatic N) is 1. The highest BCUT2D eigenvalue weighted by Gasteiger charge is 2.27. The molecule has 0 unspecified atom stereocenters. The van der Waals surface area contributed by atoms with E-state index in [1.807, 2.05) is 6.92 Å². The van der Waals surface area contributed by atoms with Crippen LogP contribution >= 0.6 is 0 Å². The van der Waals surface area contributed by atoms with E-state index < -0.39 is 50.5 Å². The van der Waals surface area contributed by atoms with Crippen LogP contribution in [0, 0.1) is 6.92 Å². The Bertz CT molecular complexity index is 1220. The summed E-state index contributed by atoms with van der Waals surface area (Å²) in [6.07, 6.45) is 1.23. The summed E-state index contributed by atoms with van der Waals surface area (Å²) in [6.45, 7) is 2.15. The predicted octanol–water partition coefficient (Wildman–Crippen LogP) is 2.13. The fraction of sp³-hybridized carbons (Fsp3) is 0.364. The van der Waals surface area contributed by atoms with Crippen molar-refractivity contribution in [3.8, 4) is 0 Å². The molecule has 33 heavy (non-hydrogen) atoms. The zero-order valence-corrected chi connectivity index (χ0v) is 19.8. The highest BCUT2D eigenvalue weighted by molar-refractivity contribution is 7.91. The molecule has 2 aromatic rings. The van der Waals surface area contributed by atoms with Gasteiger partial charge in [0.05, 0.1) is 22.0 Å². The number of rotatable bonds is 9. The van der Waals surface area contributed by atoms with Crippen LogP contribution in [0.2, 0.25) is 0 Å². The number of carbonyl (C=O) groups is 2. The number of hydrogen-bond donors (Lipinski definition) is 1. The third-order valence-electron chi connectivity index (χ3n) is 5.14. The summed E-state index contributed by atoms with van der Waals surface area (Å²) >= 11 is 0. The molecule has 11 heteroatoms. The lowest BCUT2D eigenvalue weighted by Crippen LogP contribution is -2.28. The van der Waals surface area contributed by atoms with Crippen LogP contribution in [-0.2, 0) is 34.2 Å². The molecular formula is C22H26N2O7S2. The molecule has 0 atom stereocenters. The third kappa shape index (κ3) is 6.62. The summed E-state index contributed by atoms with van der Waals surface area (Å²) < 4.78 is 56.2. The molecule has 0 spiro atoms. The lowest BCUT2D eigenvalue weighted by Gasteiger charge is -2.16. The van der Waals surface area contributed by atoms with Gasteiger partial charge in [0.2, 0.25) is 10.0 Å². The highest BCUT2D eigenvalue weighted by Crippen LogP contribution is 2.23. The number of benzene rings is 2. The molecule has 2 aromatic carbocycles. The van der Waals surface area contributed by atoms with Gasteiger partial charge < -0.3 is 10.1 Å². The van der Waals surface area contributed by atoms with E-state index >= 15 is 0 Å². The first-order chi connectivity index (χ1) is 15.6. The Morgan fingerprint density at radius 3 is 2.30 bits per heavy atom. The van der Waals surface area contributed by atoms with Crippen LogP contribution in [0.5, 0.6) is 0 Å². The molecule has 1 saturated heterocycles. The van der Waals surface area contributed by atoms with E-state index in [9.17, 15) is 26.4 Å². The number of hydrogen-bond acceptors (Lipinski definition) is 7. The standard InChI is InChI=1S/C22H26N2O7S2/c1-17-7-9-19(10-8-17)32(27,28)14-11-22(26)31-16-21(25)23-18-5-4-6-20(15-18)33(29,30)24-12-2-3-13-24/h4-10,15H,2-3,11-14,16H2,1H3,(H,23,25). The van der Waals surface area contributed by atoms with Crippen molar-refractivity contribution >= 4 is 37.4 Å². The van der Waals surface area contributed by atoms with Crippen molar-refractivity contribution in [3.63, 3.8) is 0 Å². The molecule has 1 heterocycles. The van der Waals surface area contributed by atoms with E-state index in [0.29, 0.717) is 13.1 Å². The first-order valence-electron chi connectivity index (χ1n) is 10.4. The van der Waals surface area contributed by atoms with Crippen molar-refractivity contribution in [1.82, 2.24) is 4.31 Å². The summed E-state index contributed by atoms with van der Waals surface area (Å²) in [7, 11) is -7.28. The van der Waals surface area contributed by atoms with Crippen LogP contribution in [0.1, 0.15) is 24.8 Å². The Kier molecular flexibility index (Phi) is 7.88. The summed E-state index contributed by atoms with van der Waals surface area (Å²) in [5.41, 5.74) is 1.16. The number of amides is 1. The molecular weight excluding hydrogens is 468 g/mol. The summed E-state index contributed by atoms with van der Waals surface area (Å²) in [4.78, 5) is 24.2. The molecule has 9 nitrogen and oxygen atoms in total. The van der Waals surface area contributed by atoms with Crippen LogP contribution < -0.4 is 5.32 Å². The number of esters is 1. The van der Waals surface area contributed by atoms with Crippen molar-refractivity contribution in [1.29, 1.82) is 0 Å². The molecule has 0 radical (unpaired) electrons. The largest absolute Gasteiger partial charge is 0.456 e. The number of nitrogens with one attached hydrogen (secondary N) is 1. The molecule has 0 aromatic heterocycles. The molecule has 178 valence electrons. The summed E-state index contributed by atoms with van der Waals surface area (Å²) in [5, 5.41) is 2.49. The van der Waals surface area contributed by atoms with E-state index in [1.54, 1.807) is 12.1 Å². The van der Waals surface area contributed by atoms with E-state index in [0.717, 1.165) is 18.4 Å². The molecule has 1 aliphatic rings. The molecule has 0 saturated carbocycles. The fourth-order valence-electron chi connectivity index (χ4n) is 3.31. The number of aryl methyl sites for hydroxylation is 1. The van der Waals surface area contributed by atoms with Crippen molar-refractivity contribution in [2.45, 2.75) is 36.0 Å². The van der Waals surface area contributed by atoms with Crippen molar-refractivity contribution in [2.75, 3.05) is 30.8 Å². The van der Waals surface area contributed by atoms with Gasteiger partial charge in [0.1, 0.15) is 0 Å². The Hall–Kier alpha value is -2.76. The van der Waals surface area contributed by atoms with E-state index in [2.05, 4.69) is 5.32 Å². The van der Waals surface area contributed by atoms with Crippen LogP contribution in [0.4, 0.5) is 5.69 Å². The van der Waals surface area contributed by atoms with Gasteiger partial charge in [0.25, 0.3) is 5.91 Å². The van der Waals surface area contributed by atoms with Crippen LogP contribution in [0.15, 0.2) is 58.3 Å². The van der Waals surface area contributed by atoms with Gasteiger partial charge in [0, 0.05) is 18.8 Å². The van der Waals surface area contributed by atoms with Crippen molar-refractivity contribution in [2.24, 2.45) is 0 Å². The monoisotopic (exact) mass is 494 g/mol. The third-order valence-corrected chi connectivity index (χ3v) is 8.77. The molecule has 1 amide bonds. The maximum Gasteiger partial charge on any atom is 0.307 e. The first-order valence-corrected chi connectivity index (χ1v) is 13.5. The second-order valence-corrected chi connectivity index (χ2v) is 11.8. The van der Waals surface area contributed by atoms with Crippen molar-refractivity contribution < 1.29 is 31.2 Å². The Morgan fingerprint density at radius 1 is 0.970 bits per heavy atom. The maximum atomic E-state index is 12.7. The summed E-state index contributed by atoms with van der Waals surface area (Å²) in [5.74, 6) is -1.93. The maximum absolute atomic E-state index is 12.7. The van der Waals surface area contributed by atoms with Crippen LogP contribution in [0.3, 0.4) is 0 Å². The minimum Gasteiger partial charge on any atom is -0.456 e. The van der Waals surface area contributed by atoms with Gasteiger partial charge in [0.15, 0.2) is 16.4 Å². The van der Waals surface area contributed by atoms with Crippen molar-refractivity contribution in [3.05, 3.63) is 54.1 Å². The van der Waals surface area contributed by atoms with Gasteiger partial charge >= 0.3 is 5.97 Å². The molecule has 1 N–H and O–H groups in total. The average molecular weight is 495 g/mol. The molecule has 1 fully saturated rings. The SMILES string of the molecule is Cc1ccc(S(=O)(=O)CCC(=O)OCC(=O)Nc2cccc(S(=O)(=O)N3CCCC3)c2)cc1. The Balaban J connectivity index is 1.50. The van der Waals surface area contributed by atoms with Gasteiger partial charge in [-0.1, -0.05) is 23.8 Å².